The van der Waals surface area contributed by atoms with E-state index in [9.17, 15) is 0 Å². The highest BCUT2D eigenvalue weighted by atomic mass is 31.1. The Bertz CT molecular complexity index is 479. The molecule has 0 radical (unpaired) electrons. The average Bonchev–Trinajstić information content (AvgIpc) is 2.75. The molecule has 1 fully saturated rings. The van der Waals surface area contributed by atoms with Crippen LogP contribution in [0.3, 0.4) is 0 Å². The zero-order valence-corrected chi connectivity index (χ0v) is 12.3. The maximum Gasteiger partial charge on any atom is 0.0590 e. The van der Waals surface area contributed by atoms with Crippen LogP contribution in [0.5, 0.6) is 0 Å². The summed E-state index contributed by atoms with van der Waals surface area (Å²) in [6.45, 7) is 0. The minimum atomic E-state index is 0.437. The lowest BCUT2D eigenvalue weighted by Crippen LogP contribution is -2.20. The second kappa shape index (κ2) is 5.42. The molecule has 0 amide bonds. The molecule has 0 aromatic heterocycles. The maximum atomic E-state index is 2.45. The monoisotopic (exact) mass is 270 g/mol. The number of hydrogen-bond acceptors (Lipinski definition) is 2. The van der Waals surface area contributed by atoms with E-state index < -0.39 is 0 Å². The van der Waals surface area contributed by atoms with Crippen LogP contribution in [0.15, 0.2) is 60.7 Å². The van der Waals surface area contributed by atoms with E-state index in [0.717, 1.165) is 8.88 Å². The van der Waals surface area contributed by atoms with Crippen LogP contribution < -0.4 is 0 Å². The summed E-state index contributed by atoms with van der Waals surface area (Å²) in [5, 5.41) is 0. The summed E-state index contributed by atoms with van der Waals surface area (Å²) in [7, 11) is 5.17. The molecule has 1 heterocycles. The van der Waals surface area contributed by atoms with Crippen LogP contribution in [0, 0.1) is 0 Å². The van der Waals surface area contributed by atoms with Crippen LogP contribution in [0.4, 0.5) is 0 Å². The van der Waals surface area contributed by atoms with Gasteiger partial charge in [-0.15, -0.1) is 0 Å². The molecule has 0 bridgehead atoms. The standard InChI is InChI=1S/C16H19N2P/c1-17-15(13-9-5-3-6-10-13)16(18(2)19-17)14-11-7-4-8-12-14/h3-12,15-16,19H,1-2H3/t15-,16-/m1/s1. The Morgan fingerprint density at radius 2 is 1.05 bits per heavy atom. The molecule has 0 spiro atoms. The Hall–Kier alpha value is -1.21. The highest BCUT2D eigenvalue weighted by Crippen LogP contribution is 2.52. The topological polar surface area (TPSA) is 6.48 Å². The summed E-state index contributed by atoms with van der Waals surface area (Å²) in [6.07, 6.45) is 0. The van der Waals surface area contributed by atoms with Crippen molar-refractivity contribution in [3.63, 3.8) is 0 Å². The fourth-order valence-corrected chi connectivity index (χ4v) is 4.24. The summed E-state index contributed by atoms with van der Waals surface area (Å²) >= 11 is 0. The zero-order valence-electron chi connectivity index (χ0n) is 11.3. The lowest BCUT2D eigenvalue weighted by Gasteiger charge is -2.26. The molecular weight excluding hydrogens is 251 g/mol. The normalized spacial score (nSPS) is 24.7. The van der Waals surface area contributed by atoms with Crippen LogP contribution in [-0.4, -0.2) is 23.4 Å². The van der Waals surface area contributed by atoms with Crippen molar-refractivity contribution >= 4 is 8.88 Å². The van der Waals surface area contributed by atoms with Crippen molar-refractivity contribution in [2.45, 2.75) is 12.1 Å². The van der Waals surface area contributed by atoms with Crippen LogP contribution in [-0.2, 0) is 0 Å². The Morgan fingerprint density at radius 1 is 0.684 bits per heavy atom. The predicted molar refractivity (Wildman–Crippen MR) is 82.2 cm³/mol. The van der Waals surface area contributed by atoms with Gasteiger partial charge in [0.1, 0.15) is 0 Å². The molecule has 19 heavy (non-hydrogen) atoms. The van der Waals surface area contributed by atoms with E-state index in [1.807, 2.05) is 0 Å². The third-order valence-corrected chi connectivity index (χ3v) is 4.92. The molecule has 2 aromatic rings. The maximum absolute atomic E-state index is 2.45. The van der Waals surface area contributed by atoms with Crippen molar-refractivity contribution in [1.82, 2.24) is 9.34 Å². The fraction of sp³-hybridized carbons (Fsp3) is 0.250. The minimum absolute atomic E-state index is 0.437. The van der Waals surface area contributed by atoms with Crippen LogP contribution in [0.25, 0.3) is 0 Å². The van der Waals surface area contributed by atoms with Gasteiger partial charge in [0, 0.05) is 8.88 Å². The number of rotatable bonds is 2. The first-order valence-electron chi connectivity index (χ1n) is 6.59. The van der Waals surface area contributed by atoms with Gasteiger partial charge < -0.3 is 0 Å². The van der Waals surface area contributed by atoms with Gasteiger partial charge >= 0.3 is 0 Å². The molecule has 0 N–H and O–H groups in total. The number of likely N-dealkylation sites (N-methyl/N-ethyl adjacent to an activating group) is 2. The Balaban J connectivity index is 2.01. The predicted octanol–water partition coefficient (Wildman–Crippen LogP) is 3.85. The first kappa shape index (κ1) is 12.8. The van der Waals surface area contributed by atoms with Crippen molar-refractivity contribution in [1.29, 1.82) is 0 Å². The van der Waals surface area contributed by atoms with Gasteiger partial charge in [0.2, 0.25) is 0 Å². The van der Waals surface area contributed by atoms with Gasteiger partial charge in [-0.2, -0.15) is 0 Å². The quantitative estimate of drug-likeness (QED) is 0.765. The molecule has 3 rings (SSSR count). The third kappa shape index (κ3) is 2.44. The Kier molecular flexibility index (Phi) is 3.65. The van der Waals surface area contributed by atoms with Crippen molar-refractivity contribution in [2.75, 3.05) is 14.1 Å². The van der Waals surface area contributed by atoms with Gasteiger partial charge in [-0.05, 0) is 25.2 Å². The van der Waals surface area contributed by atoms with Gasteiger partial charge in [-0.25, -0.2) is 0 Å². The number of nitrogens with zero attached hydrogens (tertiary/aromatic N) is 2. The van der Waals surface area contributed by atoms with Gasteiger partial charge in [0.25, 0.3) is 0 Å². The largest absolute Gasteiger partial charge is 0.266 e. The third-order valence-electron chi connectivity index (χ3n) is 3.73. The number of hydrogen-bond donors (Lipinski definition) is 0. The molecule has 2 aromatic carbocycles. The lowest BCUT2D eigenvalue weighted by atomic mass is 9.93. The van der Waals surface area contributed by atoms with Gasteiger partial charge in [-0.3, -0.25) is 9.34 Å². The average molecular weight is 270 g/mol. The van der Waals surface area contributed by atoms with Crippen LogP contribution in [0.1, 0.15) is 23.2 Å². The molecule has 98 valence electrons. The first-order chi connectivity index (χ1) is 9.27. The lowest BCUT2D eigenvalue weighted by molar-refractivity contribution is 0.316. The molecule has 0 unspecified atom stereocenters. The molecule has 2 nitrogen and oxygen atoms in total. The van der Waals surface area contributed by atoms with E-state index in [4.69, 9.17) is 0 Å². The highest BCUT2D eigenvalue weighted by molar-refractivity contribution is 7.32. The SMILES string of the molecule is CN1PN(C)[C@H](c2ccccc2)[C@H]1c1ccccc1. The van der Waals surface area contributed by atoms with E-state index in [1.54, 1.807) is 0 Å². The van der Waals surface area contributed by atoms with E-state index >= 15 is 0 Å². The number of benzene rings is 2. The molecule has 0 saturated carbocycles. The summed E-state index contributed by atoms with van der Waals surface area (Å²) in [4.78, 5) is 0. The van der Waals surface area contributed by atoms with Crippen molar-refractivity contribution in [3.8, 4) is 0 Å². The molecule has 1 aliphatic rings. The molecule has 0 aliphatic carbocycles. The molecule has 3 heteroatoms. The minimum Gasteiger partial charge on any atom is -0.266 e. The van der Waals surface area contributed by atoms with Crippen LogP contribution >= 0.6 is 8.88 Å². The molecule has 1 saturated heterocycles. The summed E-state index contributed by atoms with van der Waals surface area (Å²) < 4.78 is 4.90. The second-order valence-electron chi connectivity index (χ2n) is 5.03. The molecular formula is C16H19N2P. The second-order valence-corrected chi connectivity index (χ2v) is 6.64. The van der Waals surface area contributed by atoms with Gasteiger partial charge in [0.15, 0.2) is 0 Å². The Morgan fingerprint density at radius 3 is 1.42 bits per heavy atom. The summed E-state index contributed by atoms with van der Waals surface area (Å²) in [5.41, 5.74) is 2.80. The van der Waals surface area contributed by atoms with Crippen molar-refractivity contribution in [2.24, 2.45) is 0 Å². The van der Waals surface area contributed by atoms with E-state index in [-0.39, 0.29) is 0 Å². The summed E-state index contributed by atoms with van der Waals surface area (Å²) in [6, 6.07) is 22.5. The highest BCUT2D eigenvalue weighted by Gasteiger charge is 2.37. The van der Waals surface area contributed by atoms with Crippen LogP contribution in [0.2, 0.25) is 0 Å². The first-order valence-corrected chi connectivity index (χ1v) is 7.48. The van der Waals surface area contributed by atoms with Gasteiger partial charge in [-0.1, -0.05) is 60.7 Å². The molecule has 2 atom stereocenters. The fourth-order valence-electron chi connectivity index (χ4n) is 2.91. The smallest absolute Gasteiger partial charge is 0.0590 e. The Labute approximate surface area is 116 Å². The van der Waals surface area contributed by atoms with Crippen molar-refractivity contribution in [3.05, 3.63) is 71.8 Å². The van der Waals surface area contributed by atoms with Gasteiger partial charge in [0.05, 0.1) is 12.1 Å². The summed E-state index contributed by atoms with van der Waals surface area (Å²) in [5.74, 6) is 0. The van der Waals surface area contributed by atoms with E-state index in [0.29, 0.717) is 12.1 Å². The van der Waals surface area contributed by atoms with Crippen molar-refractivity contribution < 1.29 is 0 Å². The van der Waals surface area contributed by atoms with E-state index in [2.05, 4.69) is 84.1 Å². The molecule has 1 aliphatic heterocycles. The van der Waals surface area contributed by atoms with E-state index in [1.165, 1.54) is 11.1 Å². The zero-order chi connectivity index (χ0) is 13.2.